The van der Waals surface area contributed by atoms with E-state index >= 15 is 0 Å². The predicted molar refractivity (Wildman–Crippen MR) is 75.9 cm³/mol. The smallest absolute Gasteiger partial charge is 0.182 e. The van der Waals surface area contributed by atoms with Gasteiger partial charge in [0.1, 0.15) is 5.60 Å². The van der Waals surface area contributed by atoms with Gasteiger partial charge in [0.15, 0.2) is 5.88 Å². The van der Waals surface area contributed by atoms with Crippen molar-refractivity contribution in [1.29, 1.82) is 0 Å². The van der Waals surface area contributed by atoms with Gasteiger partial charge in [-0.05, 0) is 33.8 Å². The Hall–Kier alpha value is -1.16. The second-order valence-electron chi connectivity index (χ2n) is 5.85. The normalized spacial score (nSPS) is 17.6. The summed E-state index contributed by atoms with van der Waals surface area (Å²) in [5.41, 5.74) is 6.18. The molecule has 18 heavy (non-hydrogen) atoms. The van der Waals surface area contributed by atoms with Crippen LogP contribution in [0.25, 0.3) is 0 Å². The Balaban J connectivity index is 2.30. The van der Waals surface area contributed by atoms with Crippen LogP contribution in [0.4, 0.5) is 0 Å². The van der Waals surface area contributed by atoms with Gasteiger partial charge in [-0.25, -0.2) is 0 Å². The number of hydrogen-bond donors (Lipinski definition) is 1. The van der Waals surface area contributed by atoms with E-state index in [1.807, 2.05) is 20.8 Å². The lowest BCUT2D eigenvalue weighted by Crippen LogP contribution is -2.47. The van der Waals surface area contributed by atoms with Crippen LogP contribution < -0.4 is 5.73 Å². The summed E-state index contributed by atoms with van der Waals surface area (Å²) in [7, 11) is 0. The van der Waals surface area contributed by atoms with E-state index in [1.54, 1.807) is 0 Å². The zero-order valence-corrected chi connectivity index (χ0v) is 12.0. The van der Waals surface area contributed by atoms with Gasteiger partial charge in [0.2, 0.25) is 0 Å². The lowest BCUT2D eigenvalue weighted by molar-refractivity contribution is -0.00954. The second-order valence-corrected chi connectivity index (χ2v) is 5.85. The van der Waals surface area contributed by atoms with E-state index in [4.69, 9.17) is 10.5 Å². The highest BCUT2D eigenvalue weighted by molar-refractivity contribution is 4.91. The summed E-state index contributed by atoms with van der Waals surface area (Å²) in [6.07, 6.45) is 0.874. The minimum absolute atomic E-state index is 0.175. The summed E-state index contributed by atoms with van der Waals surface area (Å²) in [4.78, 5) is 4.61. The molecule has 0 unspecified atom stereocenters. The Kier molecular flexibility index (Phi) is 5.08. The van der Waals surface area contributed by atoms with Crippen molar-refractivity contribution >= 4 is 0 Å². The molecule has 1 aliphatic rings. The topological polar surface area (TPSA) is 41.7 Å². The molecule has 1 rings (SSSR count). The zero-order chi connectivity index (χ0) is 13.8. The third-order valence-electron chi connectivity index (χ3n) is 2.90. The SMILES string of the molecule is C=C(N)CCN1CCN(C(=C)OC(C)(C)C)CC1. The number of hydrogen-bond acceptors (Lipinski definition) is 4. The molecule has 1 heterocycles. The van der Waals surface area contributed by atoms with Crippen LogP contribution in [0, 0.1) is 0 Å². The molecular weight excluding hydrogens is 226 g/mol. The molecule has 0 aromatic heterocycles. The van der Waals surface area contributed by atoms with Crippen LogP contribution in [0.15, 0.2) is 24.7 Å². The van der Waals surface area contributed by atoms with Crippen molar-refractivity contribution in [3.63, 3.8) is 0 Å². The van der Waals surface area contributed by atoms with Crippen molar-refractivity contribution in [3.8, 4) is 0 Å². The van der Waals surface area contributed by atoms with Crippen molar-refractivity contribution in [2.75, 3.05) is 32.7 Å². The minimum Gasteiger partial charge on any atom is -0.474 e. The highest BCUT2D eigenvalue weighted by atomic mass is 16.5. The van der Waals surface area contributed by atoms with Crippen LogP contribution >= 0.6 is 0 Å². The molecule has 0 aromatic rings. The Morgan fingerprint density at radius 2 is 1.72 bits per heavy atom. The number of nitrogens with two attached hydrogens (primary N) is 1. The van der Waals surface area contributed by atoms with Crippen molar-refractivity contribution in [3.05, 3.63) is 24.7 Å². The van der Waals surface area contributed by atoms with Crippen molar-refractivity contribution in [2.24, 2.45) is 5.73 Å². The third kappa shape index (κ3) is 5.45. The lowest BCUT2D eigenvalue weighted by Gasteiger charge is -2.38. The number of rotatable bonds is 5. The molecule has 0 radical (unpaired) electrons. The van der Waals surface area contributed by atoms with Crippen molar-refractivity contribution in [1.82, 2.24) is 9.80 Å². The summed E-state index contributed by atoms with van der Waals surface area (Å²) >= 11 is 0. The van der Waals surface area contributed by atoms with Gasteiger partial charge in [-0.2, -0.15) is 0 Å². The first kappa shape index (κ1) is 14.9. The molecule has 0 spiro atoms. The van der Waals surface area contributed by atoms with E-state index in [0.717, 1.165) is 50.7 Å². The number of piperazine rings is 1. The van der Waals surface area contributed by atoms with E-state index in [-0.39, 0.29) is 5.60 Å². The highest BCUT2D eigenvalue weighted by Crippen LogP contribution is 2.17. The molecule has 1 saturated heterocycles. The van der Waals surface area contributed by atoms with Gasteiger partial charge in [-0.15, -0.1) is 0 Å². The molecule has 2 N–H and O–H groups in total. The molecule has 0 atom stereocenters. The summed E-state index contributed by atoms with van der Waals surface area (Å²) in [6.45, 7) is 18.9. The maximum Gasteiger partial charge on any atom is 0.182 e. The molecule has 1 fully saturated rings. The van der Waals surface area contributed by atoms with Gasteiger partial charge >= 0.3 is 0 Å². The van der Waals surface area contributed by atoms with Crippen LogP contribution in [-0.4, -0.2) is 48.1 Å². The molecule has 0 saturated carbocycles. The van der Waals surface area contributed by atoms with E-state index in [1.165, 1.54) is 0 Å². The molecule has 0 amide bonds. The van der Waals surface area contributed by atoms with Gasteiger partial charge in [-0.3, -0.25) is 4.90 Å². The minimum atomic E-state index is -0.175. The summed E-state index contributed by atoms with van der Waals surface area (Å²) in [6, 6.07) is 0. The fourth-order valence-corrected chi connectivity index (χ4v) is 1.94. The van der Waals surface area contributed by atoms with Crippen LogP contribution in [0.2, 0.25) is 0 Å². The van der Waals surface area contributed by atoms with Crippen LogP contribution in [0.1, 0.15) is 27.2 Å². The maximum absolute atomic E-state index is 5.79. The molecule has 0 aliphatic carbocycles. The van der Waals surface area contributed by atoms with Gasteiger partial charge in [-0.1, -0.05) is 6.58 Å². The first-order valence-electron chi connectivity index (χ1n) is 6.56. The van der Waals surface area contributed by atoms with E-state index < -0.39 is 0 Å². The number of nitrogens with zero attached hydrogens (tertiary/aromatic N) is 2. The Morgan fingerprint density at radius 3 is 2.17 bits per heavy atom. The quantitative estimate of drug-likeness (QED) is 0.758. The van der Waals surface area contributed by atoms with Crippen LogP contribution in [-0.2, 0) is 4.74 Å². The number of ether oxygens (including phenoxy) is 1. The second kappa shape index (κ2) is 6.14. The van der Waals surface area contributed by atoms with E-state index in [2.05, 4.69) is 23.0 Å². The van der Waals surface area contributed by atoms with Crippen molar-refractivity contribution in [2.45, 2.75) is 32.8 Å². The molecule has 4 nitrogen and oxygen atoms in total. The average Bonchev–Trinajstić information content (AvgIpc) is 2.24. The monoisotopic (exact) mass is 253 g/mol. The standard InChI is InChI=1S/C14H27N3O/c1-12(15)6-7-16-8-10-17(11-9-16)13(2)18-14(3,4)5/h1-2,6-11,15H2,3-5H3. The predicted octanol–water partition coefficient (Wildman–Crippen LogP) is 1.75. The molecule has 0 aromatic carbocycles. The Bertz CT molecular complexity index is 299. The van der Waals surface area contributed by atoms with Gasteiger partial charge in [0.25, 0.3) is 0 Å². The molecule has 1 aliphatic heterocycles. The summed E-state index contributed by atoms with van der Waals surface area (Å²) < 4.78 is 5.79. The fraction of sp³-hybridized carbons (Fsp3) is 0.714. The third-order valence-corrected chi connectivity index (χ3v) is 2.90. The molecule has 4 heteroatoms. The molecule has 0 bridgehead atoms. The fourth-order valence-electron chi connectivity index (χ4n) is 1.94. The molecular formula is C14H27N3O. The zero-order valence-electron chi connectivity index (χ0n) is 12.0. The van der Waals surface area contributed by atoms with Crippen LogP contribution in [0.5, 0.6) is 0 Å². The summed E-state index contributed by atoms with van der Waals surface area (Å²) in [5, 5.41) is 0. The van der Waals surface area contributed by atoms with E-state index in [0.29, 0.717) is 0 Å². The van der Waals surface area contributed by atoms with Gasteiger partial charge in [0.05, 0.1) is 0 Å². The Morgan fingerprint density at radius 1 is 1.17 bits per heavy atom. The molecule has 104 valence electrons. The average molecular weight is 253 g/mol. The summed E-state index contributed by atoms with van der Waals surface area (Å²) in [5.74, 6) is 0.783. The lowest BCUT2D eigenvalue weighted by atomic mass is 10.2. The Labute approximate surface area is 111 Å². The van der Waals surface area contributed by atoms with Crippen LogP contribution in [0.3, 0.4) is 0 Å². The highest BCUT2D eigenvalue weighted by Gasteiger charge is 2.21. The maximum atomic E-state index is 5.79. The van der Waals surface area contributed by atoms with E-state index in [9.17, 15) is 0 Å². The first-order valence-corrected chi connectivity index (χ1v) is 6.56. The first-order chi connectivity index (χ1) is 8.28. The van der Waals surface area contributed by atoms with Gasteiger partial charge in [0, 0.05) is 38.4 Å². The van der Waals surface area contributed by atoms with Crippen molar-refractivity contribution < 1.29 is 4.74 Å². The van der Waals surface area contributed by atoms with Gasteiger partial charge < -0.3 is 15.4 Å². The largest absolute Gasteiger partial charge is 0.474 e.